The second kappa shape index (κ2) is 6.16. The van der Waals surface area contributed by atoms with E-state index in [0.29, 0.717) is 16.8 Å². The molecule has 2 N–H and O–H groups in total. The van der Waals surface area contributed by atoms with E-state index in [2.05, 4.69) is 10.6 Å². The number of non-ortho nitro benzene ring substituents is 1. The molecule has 1 saturated carbocycles. The Morgan fingerprint density at radius 2 is 2.11 bits per heavy atom. The molecule has 0 radical (unpaired) electrons. The molecule has 0 spiro atoms. The van der Waals surface area contributed by atoms with Crippen molar-refractivity contribution in [3.05, 3.63) is 33.3 Å². The van der Waals surface area contributed by atoms with Crippen LogP contribution >= 0.6 is 23.8 Å². The van der Waals surface area contributed by atoms with Crippen LogP contribution < -0.4 is 10.6 Å². The highest BCUT2D eigenvalue weighted by molar-refractivity contribution is 7.80. The van der Waals surface area contributed by atoms with Gasteiger partial charge in [0.1, 0.15) is 0 Å². The number of thiocarbonyl (C=S) groups is 1. The molecule has 0 atom stereocenters. The summed E-state index contributed by atoms with van der Waals surface area (Å²) in [5, 5.41) is 17.6. The van der Waals surface area contributed by atoms with Gasteiger partial charge in [0.2, 0.25) is 0 Å². The second-order valence-corrected chi connectivity index (χ2v) is 5.32. The zero-order valence-electron chi connectivity index (χ0n) is 10.2. The molecule has 1 aliphatic rings. The fourth-order valence-corrected chi connectivity index (χ4v) is 2.63. The maximum absolute atomic E-state index is 10.6. The molecular formula is C12H14ClN3O2S. The number of nitro benzene ring substituents is 1. The summed E-state index contributed by atoms with van der Waals surface area (Å²) in [6.45, 7) is 0. The first kappa shape index (κ1) is 14.0. The van der Waals surface area contributed by atoms with Crippen molar-refractivity contribution in [2.24, 2.45) is 0 Å². The third-order valence-corrected chi connectivity index (χ3v) is 3.63. The van der Waals surface area contributed by atoms with Crippen LogP contribution in [0.5, 0.6) is 0 Å². The highest BCUT2D eigenvalue weighted by atomic mass is 35.5. The quantitative estimate of drug-likeness (QED) is 0.508. The van der Waals surface area contributed by atoms with Gasteiger partial charge in [-0.25, -0.2) is 0 Å². The fourth-order valence-electron chi connectivity index (χ4n) is 2.13. The predicted octanol–water partition coefficient (Wildman–Crippen LogP) is 3.48. The fraction of sp³-hybridized carbons (Fsp3) is 0.417. The summed E-state index contributed by atoms with van der Waals surface area (Å²) in [7, 11) is 0. The van der Waals surface area contributed by atoms with E-state index in [1.165, 1.54) is 25.0 Å². The third-order valence-electron chi connectivity index (χ3n) is 3.10. The van der Waals surface area contributed by atoms with E-state index in [9.17, 15) is 10.1 Å². The number of nitrogens with zero attached hydrogens (tertiary/aromatic N) is 1. The van der Waals surface area contributed by atoms with E-state index in [0.717, 1.165) is 12.8 Å². The van der Waals surface area contributed by atoms with Crippen LogP contribution in [0.1, 0.15) is 25.7 Å². The van der Waals surface area contributed by atoms with Gasteiger partial charge in [-0.1, -0.05) is 24.4 Å². The number of hydrogen-bond donors (Lipinski definition) is 2. The average Bonchev–Trinajstić information content (AvgIpc) is 2.84. The summed E-state index contributed by atoms with van der Waals surface area (Å²) >= 11 is 11.2. The van der Waals surface area contributed by atoms with Crippen molar-refractivity contribution >= 4 is 40.3 Å². The Labute approximate surface area is 121 Å². The SMILES string of the molecule is O=[N+]([O-])c1ccc(NC(=S)NC2CCCC2)c(Cl)c1. The van der Waals surface area contributed by atoms with Gasteiger partial charge in [-0.3, -0.25) is 10.1 Å². The number of halogens is 1. The van der Waals surface area contributed by atoms with Crippen LogP contribution in [0.2, 0.25) is 5.02 Å². The topological polar surface area (TPSA) is 67.2 Å². The number of benzene rings is 1. The third kappa shape index (κ3) is 3.78. The van der Waals surface area contributed by atoms with Crippen LogP contribution in [0.3, 0.4) is 0 Å². The Bertz CT molecular complexity index is 504. The molecule has 1 fully saturated rings. The summed E-state index contributed by atoms with van der Waals surface area (Å²) in [6.07, 6.45) is 4.68. The molecule has 19 heavy (non-hydrogen) atoms. The van der Waals surface area contributed by atoms with Crippen molar-refractivity contribution in [3.8, 4) is 0 Å². The van der Waals surface area contributed by atoms with Crippen molar-refractivity contribution in [2.75, 3.05) is 5.32 Å². The molecule has 7 heteroatoms. The molecule has 0 unspecified atom stereocenters. The Balaban J connectivity index is 1.98. The van der Waals surface area contributed by atoms with Gasteiger partial charge in [0.15, 0.2) is 5.11 Å². The molecule has 0 aromatic heterocycles. The molecule has 0 amide bonds. The minimum atomic E-state index is -0.481. The first-order valence-electron chi connectivity index (χ1n) is 6.08. The zero-order chi connectivity index (χ0) is 13.8. The lowest BCUT2D eigenvalue weighted by atomic mass is 10.2. The Morgan fingerprint density at radius 1 is 1.42 bits per heavy atom. The van der Waals surface area contributed by atoms with Gasteiger partial charge in [0, 0.05) is 18.2 Å². The van der Waals surface area contributed by atoms with Crippen LogP contribution in [0.15, 0.2) is 18.2 Å². The summed E-state index contributed by atoms with van der Waals surface area (Å²) in [5.74, 6) is 0. The van der Waals surface area contributed by atoms with E-state index in [4.69, 9.17) is 23.8 Å². The molecule has 1 aliphatic carbocycles. The molecule has 0 aliphatic heterocycles. The summed E-state index contributed by atoms with van der Waals surface area (Å²) in [5.41, 5.74) is 0.535. The standard InChI is InChI=1S/C12H14ClN3O2S/c13-10-7-9(16(17)18)5-6-11(10)15-12(19)14-8-3-1-2-4-8/h5-8H,1-4H2,(H2,14,15,19). The maximum Gasteiger partial charge on any atom is 0.271 e. The van der Waals surface area contributed by atoms with E-state index in [-0.39, 0.29) is 10.7 Å². The van der Waals surface area contributed by atoms with Crippen molar-refractivity contribution in [1.29, 1.82) is 0 Å². The summed E-state index contributed by atoms with van der Waals surface area (Å²) in [6, 6.07) is 4.68. The monoisotopic (exact) mass is 299 g/mol. The molecule has 5 nitrogen and oxygen atoms in total. The van der Waals surface area contributed by atoms with Crippen LogP contribution in [0, 0.1) is 10.1 Å². The summed E-state index contributed by atoms with van der Waals surface area (Å²) in [4.78, 5) is 10.1. The number of hydrogen-bond acceptors (Lipinski definition) is 3. The van der Waals surface area contributed by atoms with E-state index in [1.54, 1.807) is 6.07 Å². The normalized spacial score (nSPS) is 15.2. The smallest absolute Gasteiger partial charge is 0.271 e. The lowest BCUT2D eigenvalue weighted by Crippen LogP contribution is -2.35. The zero-order valence-corrected chi connectivity index (χ0v) is 11.8. The van der Waals surface area contributed by atoms with Gasteiger partial charge < -0.3 is 10.6 Å². The summed E-state index contributed by atoms with van der Waals surface area (Å²) < 4.78 is 0. The van der Waals surface area contributed by atoms with Gasteiger partial charge in [0.05, 0.1) is 15.6 Å². The van der Waals surface area contributed by atoms with Crippen molar-refractivity contribution < 1.29 is 4.92 Å². The molecule has 2 rings (SSSR count). The van der Waals surface area contributed by atoms with Gasteiger partial charge >= 0.3 is 0 Å². The van der Waals surface area contributed by atoms with E-state index >= 15 is 0 Å². The predicted molar refractivity (Wildman–Crippen MR) is 79.7 cm³/mol. The molecule has 0 bridgehead atoms. The Kier molecular flexibility index (Phi) is 4.55. The van der Waals surface area contributed by atoms with E-state index in [1.807, 2.05) is 0 Å². The molecule has 1 aromatic carbocycles. The highest BCUT2D eigenvalue weighted by Crippen LogP contribution is 2.26. The van der Waals surface area contributed by atoms with Crippen LogP contribution in [-0.4, -0.2) is 16.1 Å². The molecular weight excluding hydrogens is 286 g/mol. The first-order chi connectivity index (χ1) is 9.06. The maximum atomic E-state index is 10.6. The number of anilines is 1. The van der Waals surface area contributed by atoms with Gasteiger partial charge in [-0.2, -0.15) is 0 Å². The average molecular weight is 300 g/mol. The van der Waals surface area contributed by atoms with Crippen LogP contribution in [0.25, 0.3) is 0 Å². The van der Waals surface area contributed by atoms with Gasteiger partial charge in [-0.05, 0) is 31.1 Å². The number of nitrogens with one attached hydrogen (secondary N) is 2. The number of nitro groups is 1. The Hall–Kier alpha value is -1.40. The molecule has 1 aromatic rings. The molecule has 0 heterocycles. The van der Waals surface area contributed by atoms with Crippen LogP contribution in [0.4, 0.5) is 11.4 Å². The minimum absolute atomic E-state index is 0.0368. The van der Waals surface area contributed by atoms with Crippen molar-refractivity contribution in [3.63, 3.8) is 0 Å². The number of rotatable bonds is 3. The molecule has 0 saturated heterocycles. The van der Waals surface area contributed by atoms with E-state index < -0.39 is 4.92 Å². The largest absolute Gasteiger partial charge is 0.360 e. The lowest BCUT2D eigenvalue weighted by Gasteiger charge is -2.16. The van der Waals surface area contributed by atoms with Crippen molar-refractivity contribution in [1.82, 2.24) is 5.32 Å². The molecule has 102 valence electrons. The minimum Gasteiger partial charge on any atom is -0.360 e. The highest BCUT2D eigenvalue weighted by Gasteiger charge is 2.16. The van der Waals surface area contributed by atoms with Gasteiger partial charge in [0.25, 0.3) is 5.69 Å². The first-order valence-corrected chi connectivity index (χ1v) is 6.86. The lowest BCUT2D eigenvalue weighted by molar-refractivity contribution is -0.384. The van der Waals surface area contributed by atoms with Crippen molar-refractivity contribution in [2.45, 2.75) is 31.7 Å². The Morgan fingerprint density at radius 3 is 2.68 bits per heavy atom. The van der Waals surface area contributed by atoms with Gasteiger partial charge in [-0.15, -0.1) is 0 Å². The second-order valence-electron chi connectivity index (χ2n) is 4.50. The van der Waals surface area contributed by atoms with Crippen LogP contribution in [-0.2, 0) is 0 Å².